The van der Waals surface area contributed by atoms with Gasteiger partial charge in [-0.2, -0.15) is 0 Å². The molecular weight excluding hydrogens is 376 g/mol. The fourth-order valence-corrected chi connectivity index (χ4v) is 4.39. The van der Waals surface area contributed by atoms with Crippen LogP contribution in [0, 0.1) is 0 Å². The van der Waals surface area contributed by atoms with Crippen molar-refractivity contribution in [2.24, 2.45) is 0 Å². The van der Waals surface area contributed by atoms with Gasteiger partial charge < -0.3 is 14.6 Å². The standard InChI is InChI=1S/C14H11BrO4S2/c15-10-5-12-11(18-1-2-19-12)3-8(10)6-20-9-4-13(14(16)17)21-7-9/h3-5,7H,1-2,6H2,(H,16,17). The SMILES string of the molecule is O=C(O)c1cc(SCc2cc3c(cc2Br)OCCO3)cs1. The molecule has 1 N–H and O–H groups in total. The summed E-state index contributed by atoms with van der Waals surface area (Å²) in [5, 5.41) is 10.8. The Bertz CT molecular complexity index is 684. The van der Waals surface area contributed by atoms with Gasteiger partial charge >= 0.3 is 5.97 Å². The van der Waals surface area contributed by atoms with Crippen LogP contribution in [0.15, 0.2) is 32.9 Å². The van der Waals surface area contributed by atoms with Crippen molar-refractivity contribution in [3.63, 3.8) is 0 Å². The number of aromatic carboxylic acids is 1. The van der Waals surface area contributed by atoms with Gasteiger partial charge in [0.1, 0.15) is 18.1 Å². The maximum absolute atomic E-state index is 10.9. The summed E-state index contributed by atoms with van der Waals surface area (Å²) in [5.41, 5.74) is 1.09. The fraction of sp³-hybridized carbons (Fsp3) is 0.214. The smallest absolute Gasteiger partial charge is 0.345 e. The third-order valence-electron chi connectivity index (χ3n) is 2.89. The first-order chi connectivity index (χ1) is 10.1. The second-order valence-electron chi connectivity index (χ2n) is 4.33. The van der Waals surface area contributed by atoms with Gasteiger partial charge in [-0.1, -0.05) is 15.9 Å². The molecule has 4 nitrogen and oxygen atoms in total. The van der Waals surface area contributed by atoms with Crippen LogP contribution >= 0.6 is 39.0 Å². The Hall–Kier alpha value is -1.18. The average molecular weight is 387 g/mol. The normalized spacial score (nSPS) is 13.2. The van der Waals surface area contributed by atoms with Crippen LogP contribution in [0.3, 0.4) is 0 Å². The molecule has 2 heterocycles. The third-order valence-corrected chi connectivity index (χ3v) is 5.72. The summed E-state index contributed by atoms with van der Waals surface area (Å²) in [7, 11) is 0. The van der Waals surface area contributed by atoms with Gasteiger partial charge in [0.05, 0.1) is 0 Å². The molecule has 0 spiro atoms. The first-order valence-electron chi connectivity index (χ1n) is 6.16. The van der Waals surface area contributed by atoms with E-state index in [0.717, 1.165) is 32.2 Å². The molecule has 21 heavy (non-hydrogen) atoms. The molecule has 0 unspecified atom stereocenters. The highest BCUT2D eigenvalue weighted by Crippen LogP contribution is 2.38. The lowest BCUT2D eigenvalue weighted by Gasteiger charge is -2.19. The van der Waals surface area contributed by atoms with E-state index in [2.05, 4.69) is 15.9 Å². The summed E-state index contributed by atoms with van der Waals surface area (Å²) in [4.78, 5) is 12.2. The molecule has 3 rings (SSSR count). The van der Waals surface area contributed by atoms with Crippen LogP contribution in [0.4, 0.5) is 0 Å². The van der Waals surface area contributed by atoms with Crippen LogP contribution in [0.5, 0.6) is 11.5 Å². The molecule has 1 aromatic carbocycles. The predicted molar refractivity (Wildman–Crippen MR) is 86.0 cm³/mol. The van der Waals surface area contributed by atoms with Crippen LogP contribution in [0.2, 0.25) is 0 Å². The van der Waals surface area contributed by atoms with Gasteiger partial charge in [0.15, 0.2) is 11.5 Å². The molecule has 7 heteroatoms. The zero-order valence-electron chi connectivity index (χ0n) is 10.8. The minimum atomic E-state index is -0.882. The van der Waals surface area contributed by atoms with Crippen molar-refractivity contribution in [2.45, 2.75) is 10.6 Å². The first kappa shape index (κ1) is 14.7. The predicted octanol–water partition coefficient (Wildman–Crippen LogP) is 4.27. The lowest BCUT2D eigenvalue weighted by molar-refractivity contribution is 0.0702. The molecular formula is C14H11BrO4S2. The van der Waals surface area contributed by atoms with E-state index in [0.29, 0.717) is 18.1 Å². The van der Waals surface area contributed by atoms with Crippen molar-refractivity contribution in [3.05, 3.63) is 38.5 Å². The number of carbonyl (C=O) groups is 1. The molecule has 1 aromatic heterocycles. The Morgan fingerprint density at radius 2 is 2.00 bits per heavy atom. The molecule has 0 bridgehead atoms. The Balaban J connectivity index is 1.73. The largest absolute Gasteiger partial charge is 0.486 e. The molecule has 1 aliphatic rings. The Kier molecular flexibility index (Phi) is 4.42. The van der Waals surface area contributed by atoms with E-state index in [9.17, 15) is 4.79 Å². The number of benzene rings is 1. The summed E-state index contributed by atoms with van der Waals surface area (Å²) in [6.45, 7) is 1.13. The third kappa shape index (κ3) is 3.36. The molecule has 110 valence electrons. The van der Waals surface area contributed by atoms with Crippen LogP contribution in [-0.2, 0) is 5.75 Å². The Labute approximate surface area is 138 Å². The van der Waals surface area contributed by atoms with Gasteiger partial charge in [0.2, 0.25) is 0 Å². The second-order valence-corrected chi connectivity index (χ2v) is 7.14. The van der Waals surface area contributed by atoms with Crippen molar-refractivity contribution in [3.8, 4) is 11.5 Å². The zero-order valence-corrected chi connectivity index (χ0v) is 14.0. The van der Waals surface area contributed by atoms with Crippen molar-refractivity contribution in [1.82, 2.24) is 0 Å². The summed E-state index contributed by atoms with van der Waals surface area (Å²) in [6, 6.07) is 5.58. The first-order valence-corrected chi connectivity index (χ1v) is 8.82. The van der Waals surface area contributed by atoms with E-state index >= 15 is 0 Å². The number of ether oxygens (including phenoxy) is 2. The molecule has 0 aliphatic carbocycles. The van der Waals surface area contributed by atoms with Gasteiger partial charge in [-0.25, -0.2) is 4.79 Å². The number of rotatable bonds is 4. The Morgan fingerprint density at radius 3 is 2.67 bits per heavy atom. The number of thiophene rings is 1. The van der Waals surface area contributed by atoms with Gasteiger partial charge in [-0.15, -0.1) is 23.1 Å². The van der Waals surface area contributed by atoms with Gasteiger partial charge in [-0.3, -0.25) is 0 Å². The monoisotopic (exact) mass is 386 g/mol. The van der Waals surface area contributed by atoms with Crippen molar-refractivity contribution < 1.29 is 19.4 Å². The number of hydrogen-bond acceptors (Lipinski definition) is 5. The van der Waals surface area contributed by atoms with E-state index in [1.165, 1.54) is 11.3 Å². The van der Waals surface area contributed by atoms with Crippen LogP contribution < -0.4 is 9.47 Å². The lowest BCUT2D eigenvalue weighted by Crippen LogP contribution is -2.15. The molecule has 0 atom stereocenters. The molecule has 1 aliphatic heterocycles. The highest BCUT2D eigenvalue weighted by Gasteiger charge is 2.15. The second kappa shape index (κ2) is 6.29. The minimum Gasteiger partial charge on any atom is -0.486 e. The summed E-state index contributed by atoms with van der Waals surface area (Å²) < 4.78 is 12.1. The topological polar surface area (TPSA) is 55.8 Å². The summed E-state index contributed by atoms with van der Waals surface area (Å²) >= 11 is 6.38. The molecule has 2 aromatic rings. The van der Waals surface area contributed by atoms with E-state index in [-0.39, 0.29) is 0 Å². The van der Waals surface area contributed by atoms with Crippen LogP contribution in [0.1, 0.15) is 15.2 Å². The van der Waals surface area contributed by atoms with E-state index in [4.69, 9.17) is 14.6 Å². The van der Waals surface area contributed by atoms with Crippen LogP contribution in [0.25, 0.3) is 0 Å². The Morgan fingerprint density at radius 1 is 1.29 bits per heavy atom. The van der Waals surface area contributed by atoms with E-state index in [1.54, 1.807) is 17.8 Å². The summed E-state index contributed by atoms with van der Waals surface area (Å²) in [6.07, 6.45) is 0. The quantitative estimate of drug-likeness (QED) is 0.794. The molecule has 0 fully saturated rings. The number of fused-ring (bicyclic) bond motifs is 1. The number of carboxylic acids is 1. The van der Waals surface area contributed by atoms with E-state index in [1.807, 2.05) is 17.5 Å². The number of hydrogen-bond donors (Lipinski definition) is 1. The maximum Gasteiger partial charge on any atom is 0.345 e. The average Bonchev–Trinajstić information content (AvgIpc) is 2.94. The number of thioether (sulfide) groups is 1. The minimum absolute atomic E-state index is 0.360. The highest BCUT2D eigenvalue weighted by atomic mass is 79.9. The molecule has 0 saturated carbocycles. The van der Waals surface area contributed by atoms with Gasteiger partial charge in [-0.05, 0) is 23.8 Å². The molecule has 0 amide bonds. The van der Waals surface area contributed by atoms with Crippen LogP contribution in [-0.4, -0.2) is 24.3 Å². The van der Waals surface area contributed by atoms with Crippen molar-refractivity contribution in [2.75, 3.05) is 13.2 Å². The molecule has 0 radical (unpaired) electrons. The van der Waals surface area contributed by atoms with Gasteiger partial charge in [0.25, 0.3) is 0 Å². The zero-order chi connectivity index (χ0) is 14.8. The maximum atomic E-state index is 10.9. The number of carboxylic acid groups (broad SMARTS) is 1. The highest BCUT2D eigenvalue weighted by molar-refractivity contribution is 9.10. The number of halogens is 1. The fourth-order valence-electron chi connectivity index (χ4n) is 1.88. The van der Waals surface area contributed by atoms with Crippen molar-refractivity contribution >= 4 is 45.0 Å². The molecule has 0 saturated heterocycles. The lowest BCUT2D eigenvalue weighted by atomic mass is 10.2. The van der Waals surface area contributed by atoms with E-state index < -0.39 is 5.97 Å². The van der Waals surface area contributed by atoms with Crippen molar-refractivity contribution in [1.29, 1.82) is 0 Å². The summed E-state index contributed by atoms with van der Waals surface area (Å²) in [5.74, 6) is 1.36. The van der Waals surface area contributed by atoms with Gasteiger partial charge in [0, 0.05) is 20.5 Å².